The minimum atomic E-state index is -1.21. The van der Waals surface area contributed by atoms with Gasteiger partial charge >= 0.3 is 12.1 Å². The molecule has 0 aliphatic carbocycles. The van der Waals surface area contributed by atoms with Gasteiger partial charge in [-0.1, -0.05) is 0 Å². The summed E-state index contributed by atoms with van der Waals surface area (Å²) in [6.45, 7) is 11.3. The molecule has 0 unspecified atom stereocenters. The van der Waals surface area contributed by atoms with Crippen LogP contribution in [-0.4, -0.2) is 90.2 Å². The summed E-state index contributed by atoms with van der Waals surface area (Å²) in [5.74, 6) is -3.36. The number of carboxylic acid groups (broad SMARTS) is 1. The molecule has 13 nitrogen and oxygen atoms in total. The Labute approximate surface area is 204 Å². The van der Waals surface area contributed by atoms with Crippen molar-refractivity contribution in [3.63, 3.8) is 0 Å². The molecule has 7 atom stereocenters. The van der Waals surface area contributed by atoms with Crippen molar-refractivity contribution in [2.45, 2.75) is 109 Å². The van der Waals surface area contributed by atoms with Crippen molar-refractivity contribution < 1.29 is 48.0 Å². The summed E-state index contributed by atoms with van der Waals surface area (Å²) in [6.07, 6.45) is -4.08. The van der Waals surface area contributed by atoms with Crippen molar-refractivity contribution in [3.8, 4) is 0 Å². The fourth-order valence-electron chi connectivity index (χ4n) is 3.77. The van der Waals surface area contributed by atoms with Crippen molar-refractivity contribution in [2.75, 3.05) is 7.11 Å². The molecule has 0 aromatic heterocycles. The second-order valence-corrected chi connectivity index (χ2v) is 10.1. The van der Waals surface area contributed by atoms with E-state index in [2.05, 4.69) is 16.0 Å². The van der Waals surface area contributed by atoms with Gasteiger partial charge in [0.2, 0.25) is 11.8 Å². The number of carbonyl (C=O) groups excluding carboxylic acids is 3. The number of carboxylic acids is 1. The zero-order valence-corrected chi connectivity index (χ0v) is 21.4. The first-order valence-electron chi connectivity index (χ1n) is 11.4. The Morgan fingerprint density at radius 2 is 1.66 bits per heavy atom. The molecular weight excluding hydrogens is 466 g/mol. The third-order valence-electron chi connectivity index (χ3n) is 5.30. The topological polar surface area (TPSA) is 171 Å². The third kappa shape index (κ3) is 8.02. The molecule has 0 spiro atoms. The van der Waals surface area contributed by atoms with Gasteiger partial charge in [-0.05, 0) is 48.5 Å². The molecule has 2 heterocycles. The van der Waals surface area contributed by atoms with E-state index in [1.165, 1.54) is 21.0 Å². The fourth-order valence-corrected chi connectivity index (χ4v) is 3.77. The highest BCUT2D eigenvalue weighted by Gasteiger charge is 2.57. The van der Waals surface area contributed by atoms with Crippen LogP contribution in [0, 0.1) is 0 Å². The van der Waals surface area contributed by atoms with Crippen LogP contribution in [0.25, 0.3) is 0 Å². The van der Waals surface area contributed by atoms with Crippen LogP contribution in [0.15, 0.2) is 0 Å². The zero-order valence-electron chi connectivity index (χ0n) is 21.4. The number of fused-ring (bicyclic) bond motifs is 1. The Balaban J connectivity index is 2.16. The van der Waals surface area contributed by atoms with Gasteiger partial charge < -0.3 is 44.7 Å². The lowest BCUT2D eigenvalue weighted by Gasteiger charge is -2.31. The van der Waals surface area contributed by atoms with E-state index in [0.717, 1.165) is 0 Å². The fraction of sp³-hybridized carbons (Fsp3) is 0.818. The van der Waals surface area contributed by atoms with Crippen LogP contribution in [0.4, 0.5) is 4.79 Å². The average molecular weight is 504 g/mol. The maximum Gasteiger partial charge on any atom is 0.408 e. The normalized spacial score (nSPS) is 27.8. The van der Waals surface area contributed by atoms with Crippen molar-refractivity contribution >= 4 is 23.9 Å². The Bertz CT molecular complexity index is 812. The zero-order chi connectivity index (χ0) is 26.7. The number of aliphatic carboxylic acids is 1. The molecule has 2 saturated heterocycles. The van der Waals surface area contributed by atoms with E-state index in [-0.39, 0.29) is 6.42 Å². The van der Waals surface area contributed by atoms with Gasteiger partial charge in [0.1, 0.15) is 36.0 Å². The first kappa shape index (κ1) is 28.8. The average Bonchev–Trinajstić information content (AvgIpc) is 3.16. The minimum absolute atomic E-state index is 0.324. The molecule has 35 heavy (non-hydrogen) atoms. The summed E-state index contributed by atoms with van der Waals surface area (Å²) in [6, 6.07) is -3.11. The molecule has 0 aromatic rings. The summed E-state index contributed by atoms with van der Waals surface area (Å²) in [4.78, 5) is 48.7. The van der Waals surface area contributed by atoms with Gasteiger partial charge in [-0.3, -0.25) is 14.4 Å². The highest BCUT2D eigenvalue weighted by atomic mass is 16.8. The highest BCUT2D eigenvalue weighted by Crippen LogP contribution is 2.39. The second-order valence-electron chi connectivity index (χ2n) is 10.1. The summed E-state index contributed by atoms with van der Waals surface area (Å²) < 4.78 is 28.3. The lowest BCUT2D eigenvalue weighted by atomic mass is 9.99. The first-order chi connectivity index (χ1) is 16.0. The molecule has 0 bridgehead atoms. The van der Waals surface area contributed by atoms with Gasteiger partial charge in [0.25, 0.3) is 0 Å². The maximum atomic E-state index is 12.9. The van der Waals surface area contributed by atoms with Crippen LogP contribution in [0.2, 0.25) is 0 Å². The molecular formula is C22H37N3O10. The number of amides is 3. The molecule has 0 saturated carbocycles. The standard InChI is InChI=1S/C22H37N3O10/c1-10(24-20(30)35-21(3,4)5)17(27)25-12(9-13(26)23-11(2)18(28)29)14-15(31-8)16-19(32-14)34-22(6,7)33-16/h10-12,14-16,19H,9H2,1-8H3,(H,23,26)(H,24,30)(H,25,27)(H,28,29)/t10-,11-,12-,14+,15-,16+,19+/m0/s1. The van der Waals surface area contributed by atoms with E-state index in [1.54, 1.807) is 34.6 Å². The van der Waals surface area contributed by atoms with Gasteiger partial charge in [0.05, 0.1) is 6.04 Å². The Kier molecular flexibility index (Phi) is 9.09. The van der Waals surface area contributed by atoms with E-state index < -0.39 is 78.0 Å². The quantitative estimate of drug-likeness (QED) is 0.342. The number of rotatable bonds is 9. The smallest absolute Gasteiger partial charge is 0.408 e. The summed E-state index contributed by atoms with van der Waals surface area (Å²) in [7, 11) is 1.44. The largest absolute Gasteiger partial charge is 0.480 e. The van der Waals surface area contributed by atoms with E-state index in [0.29, 0.717) is 0 Å². The van der Waals surface area contributed by atoms with E-state index >= 15 is 0 Å². The summed E-state index contributed by atoms with van der Waals surface area (Å²) >= 11 is 0. The Morgan fingerprint density at radius 3 is 2.20 bits per heavy atom. The molecule has 4 N–H and O–H groups in total. The number of ether oxygens (including phenoxy) is 5. The predicted molar refractivity (Wildman–Crippen MR) is 120 cm³/mol. The van der Waals surface area contributed by atoms with Crippen LogP contribution in [0.5, 0.6) is 0 Å². The van der Waals surface area contributed by atoms with Crippen LogP contribution in [0.3, 0.4) is 0 Å². The maximum absolute atomic E-state index is 12.9. The van der Waals surface area contributed by atoms with Crippen LogP contribution in [0.1, 0.15) is 54.9 Å². The van der Waals surface area contributed by atoms with Crippen LogP contribution >= 0.6 is 0 Å². The van der Waals surface area contributed by atoms with Gasteiger partial charge in [-0.2, -0.15) is 0 Å². The number of alkyl carbamates (subject to hydrolysis) is 1. The summed E-state index contributed by atoms with van der Waals surface area (Å²) in [5.41, 5.74) is -0.753. The molecule has 13 heteroatoms. The summed E-state index contributed by atoms with van der Waals surface area (Å²) in [5, 5.41) is 16.6. The number of hydrogen-bond acceptors (Lipinski definition) is 9. The molecule has 2 rings (SSSR count). The Hall–Kier alpha value is -2.48. The first-order valence-corrected chi connectivity index (χ1v) is 11.4. The van der Waals surface area contributed by atoms with Gasteiger partial charge in [-0.25, -0.2) is 4.79 Å². The molecule has 0 aromatic carbocycles. The van der Waals surface area contributed by atoms with Gasteiger partial charge in [0.15, 0.2) is 12.1 Å². The Morgan fingerprint density at radius 1 is 1.03 bits per heavy atom. The SMILES string of the molecule is CO[C@@H]1[C@H]2OC(C)(C)O[C@H]2O[C@@H]1[C@H](CC(=O)N[C@@H](C)C(=O)O)NC(=O)[C@H](C)NC(=O)OC(C)(C)C. The minimum Gasteiger partial charge on any atom is -0.480 e. The number of hydrogen-bond donors (Lipinski definition) is 4. The highest BCUT2D eigenvalue weighted by molar-refractivity contribution is 5.87. The molecule has 2 aliphatic heterocycles. The van der Waals surface area contributed by atoms with E-state index in [1.807, 2.05) is 0 Å². The van der Waals surface area contributed by atoms with E-state index in [4.69, 9.17) is 28.8 Å². The number of methoxy groups -OCH3 is 1. The second kappa shape index (κ2) is 11.1. The van der Waals surface area contributed by atoms with Crippen molar-refractivity contribution in [1.82, 2.24) is 16.0 Å². The number of nitrogens with one attached hydrogen (secondary N) is 3. The van der Waals surface area contributed by atoms with E-state index in [9.17, 15) is 19.2 Å². The van der Waals surface area contributed by atoms with Crippen molar-refractivity contribution in [1.29, 1.82) is 0 Å². The van der Waals surface area contributed by atoms with Crippen molar-refractivity contribution in [2.24, 2.45) is 0 Å². The molecule has 200 valence electrons. The van der Waals surface area contributed by atoms with Gasteiger partial charge in [-0.15, -0.1) is 0 Å². The van der Waals surface area contributed by atoms with Crippen LogP contribution < -0.4 is 16.0 Å². The van der Waals surface area contributed by atoms with Gasteiger partial charge in [0, 0.05) is 13.5 Å². The molecule has 2 aliphatic rings. The predicted octanol–water partition coefficient (Wildman–Crippen LogP) is 0.255. The monoisotopic (exact) mass is 503 g/mol. The van der Waals surface area contributed by atoms with Crippen molar-refractivity contribution in [3.05, 3.63) is 0 Å². The molecule has 2 fully saturated rings. The number of carbonyl (C=O) groups is 4. The van der Waals surface area contributed by atoms with Crippen LogP contribution in [-0.2, 0) is 38.1 Å². The molecule has 0 radical (unpaired) electrons. The molecule has 3 amide bonds. The third-order valence-corrected chi connectivity index (χ3v) is 5.30. The lowest BCUT2D eigenvalue weighted by Crippen LogP contribution is -2.56. The lowest BCUT2D eigenvalue weighted by molar-refractivity contribution is -0.220.